The summed E-state index contributed by atoms with van der Waals surface area (Å²) in [5.41, 5.74) is 11.0. The minimum atomic E-state index is -0.683. The molecule has 2 unspecified atom stereocenters. The Hall–Kier alpha value is -1.14. The Balaban J connectivity index is 2.01. The third kappa shape index (κ3) is 2.64. The average Bonchev–Trinajstić information content (AvgIpc) is 2.85. The zero-order chi connectivity index (χ0) is 13.3. The van der Waals surface area contributed by atoms with Crippen LogP contribution in [0.25, 0.3) is 0 Å². The van der Waals surface area contributed by atoms with Crippen molar-refractivity contribution in [3.8, 4) is 0 Å². The molecular weight excluding hydrogens is 234 g/mol. The second kappa shape index (κ2) is 4.85. The standard InChI is InChI=1S/C12H21N3O3/c13-11(18)9-5-8(16)7-15(9)10(17)6-12(14)3-1-2-4-12/h8-9,16H,1-7,14H2,(H2,13,18). The Labute approximate surface area is 106 Å². The van der Waals surface area contributed by atoms with E-state index in [2.05, 4.69) is 0 Å². The maximum Gasteiger partial charge on any atom is 0.240 e. The highest BCUT2D eigenvalue weighted by atomic mass is 16.3. The molecule has 2 atom stereocenters. The number of nitrogens with two attached hydrogens (primary N) is 2. The molecule has 0 radical (unpaired) electrons. The van der Waals surface area contributed by atoms with Crippen molar-refractivity contribution in [2.75, 3.05) is 6.54 Å². The molecule has 6 nitrogen and oxygen atoms in total. The first kappa shape index (κ1) is 13.3. The van der Waals surface area contributed by atoms with E-state index >= 15 is 0 Å². The molecule has 6 heteroatoms. The lowest BCUT2D eigenvalue weighted by atomic mass is 9.94. The van der Waals surface area contributed by atoms with Crippen LogP contribution in [0.4, 0.5) is 0 Å². The van der Waals surface area contributed by atoms with E-state index in [0.29, 0.717) is 0 Å². The second-order valence-electron chi connectivity index (χ2n) is 5.60. The Morgan fingerprint density at radius 2 is 1.94 bits per heavy atom. The van der Waals surface area contributed by atoms with Gasteiger partial charge in [-0.1, -0.05) is 12.8 Å². The maximum absolute atomic E-state index is 12.2. The Morgan fingerprint density at radius 3 is 2.50 bits per heavy atom. The van der Waals surface area contributed by atoms with E-state index in [0.717, 1.165) is 25.7 Å². The molecule has 0 aromatic carbocycles. The average molecular weight is 255 g/mol. The molecule has 18 heavy (non-hydrogen) atoms. The molecule has 1 aliphatic heterocycles. The van der Waals surface area contributed by atoms with Gasteiger partial charge in [-0.15, -0.1) is 0 Å². The lowest BCUT2D eigenvalue weighted by Gasteiger charge is -2.28. The number of primary amides is 1. The monoisotopic (exact) mass is 255 g/mol. The third-order valence-electron chi connectivity index (χ3n) is 4.03. The summed E-state index contributed by atoms with van der Waals surface area (Å²) in [6, 6.07) is -0.683. The molecule has 1 saturated carbocycles. The molecular formula is C12H21N3O3. The van der Waals surface area contributed by atoms with E-state index in [-0.39, 0.29) is 25.3 Å². The second-order valence-corrected chi connectivity index (χ2v) is 5.60. The van der Waals surface area contributed by atoms with Crippen molar-refractivity contribution in [1.82, 2.24) is 4.90 Å². The molecule has 1 aliphatic carbocycles. The Bertz CT molecular complexity index is 352. The van der Waals surface area contributed by atoms with Crippen LogP contribution in [0.2, 0.25) is 0 Å². The molecule has 0 aromatic rings. The first-order valence-electron chi connectivity index (χ1n) is 6.47. The third-order valence-corrected chi connectivity index (χ3v) is 4.03. The van der Waals surface area contributed by atoms with Gasteiger partial charge in [0.2, 0.25) is 11.8 Å². The molecule has 1 heterocycles. The van der Waals surface area contributed by atoms with Crippen LogP contribution in [0, 0.1) is 0 Å². The summed E-state index contributed by atoms with van der Waals surface area (Å²) in [6.45, 7) is 0.183. The molecule has 2 amide bonds. The Kier molecular flexibility index (Phi) is 3.59. The highest BCUT2D eigenvalue weighted by Gasteiger charge is 2.40. The van der Waals surface area contributed by atoms with Crippen molar-refractivity contribution in [3.05, 3.63) is 0 Å². The van der Waals surface area contributed by atoms with Gasteiger partial charge >= 0.3 is 0 Å². The van der Waals surface area contributed by atoms with Gasteiger partial charge in [-0.3, -0.25) is 9.59 Å². The molecule has 0 spiro atoms. The predicted molar refractivity (Wildman–Crippen MR) is 65.3 cm³/mol. The van der Waals surface area contributed by atoms with E-state index in [1.807, 2.05) is 0 Å². The van der Waals surface area contributed by atoms with Crippen LogP contribution in [0.3, 0.4) is 0 Å². The molecule has 1 saturated heterocycles. The van der Waals surface area contributed by atoms with Crippen LogP contribution in [0.1, 0.15) is 38.5 Å². The number of hydrogen-bond donors (Lipinski definition) is 3. The molecule has 102 valence electrons. The number of likely N-dealkylation sites (tertiary alicyclic amines) is 1. The van der Waals surface area contributed by atoms with Gasteiger partial charge in [-0.2, -0.15) is 0 Å². The number of aliphatic hydroxyl groups is 1. The van der Waals surface area contributed by atoms with E-state index in [4.69, 9.17) is 11.5 Å². The molecule has 0 aromatic heterocycles. The van der Waals surface area contributed by atoms with Crippen LogP contribution < -0.4 is 11.5 Å². The number of carbonyl (C=O) groups is 2. The van der Waals surface area contributed by atoms with Crippen LogP contribution in [-0.4, -0.2) is 46.1 Å². The van der Waals surface area contributed by atoms with Gasteiger partial charge in [0.25, 0.3) is 0 Å². The topological polar surface area (TPSA) is 110 Å². The molecule has 2 rings (SSSR count). The van der Waals surface area contributed by atoms with E-state index in [1.165, 1.54) is 4.90 Å². The van der Waals surface area contributed by atoms with Crippen molar-refractivity contribution in [3.63, 3.8) is 0 Å². The number of hydrogen-bond acceptors (Lipinski definition) is 4. The van der Waals surface area contributed by atoms with E-state index in [9.17, 15) is 14.7 Å². The van der Waals surface area contributed by atoms with Crippen molar-refractivity contribution in [2.45, 2.75) is 56.2 Å². The van der Waals surface area contributed by atoms with Gasteiger partial charge in [-0.05, 0) is 12.8 Å². The summed E-state index contributed by atoms with van der Waals surface area (Å²) in [7, 11) is 0. The SMILES string of the molecule is NC(=O)C1CC(O)CN1C(=O)CC1(N)CCCC1. The van der Waals surface area contributed by atoms with Gasteiger partial charge in [0.1, 0.15) is 6.04 Å². The molecule has 2 aliphatic rings. The quantitative estimate of drug-likeness (QED) is 0.606. The lowest BCUT2D eigenvalue weighted by molar-refractivity contribution is -0.138. The van der Waals surface area contributed by atoms with Crippen LogP contribution >= 0.6 is 0 Å². The number of β-amino-alcohol motifs (C(OH)–C–C–N with tert-alkyl or cyclic N) is 1. The number of rotatable bonds is 3. The summed E-state index contributed by atoms with van der Waals surface area (Å²) in [6.07, 6.45) is 3.59. The van der Waals surface area contributed by atoms with Gasteiger partial charge in [0.05, 0.1) is 6.10 Å². The summed E-state index contributed by atoms with van der Waals surface area (Å²) >= 11 is 0. The fourth-order valence-electron chi connectivity index (χ4n) is 3.02. The number of nitrogens with zero attached hydrogens (tertiary/aromatic N) is 1. The van der Waals surface area contributed by atoms with Gasteiger partial charge in [0.15, 0.2) is 0 Å². The van der Waals surface area contributed by atoms with Crippen molar-refractivity contribution < 1.29 is 14.7 Å². The van der Waals surface area contributed by atoms with Crippen molar-refractivity contribution in [1.29, 1.82) is 0 Å². The van der Waals surface area contributed by atoms with Crippen LogP contribution in [0.15, 0.2) is 0 Å². The molecule has 0 bridgehead atoms. The highest BCUT2D eigenvalue weighted by molar-refractivity contribution is 5.87. The number of aliphatic hydroxyl groups excluding tert-OH is 1. The summed E-state index contributed by atoms with van der Waals surface area (Å²) in [5.74, 6) is -0.725. The first-order chi connectivity index (χ1) is 8.41. The number of amides is 2. The minimum Gasteiger partial charge on any atom is -0.391 e. The molecule has 2 fully saturated rings. The fourth-order valence-corrected chi connectivity index (χ4v) is 3.02. The maximum atomic E-state index is 12.2. The zero-order valence-electron chi connectivity index (χ0n) is 10.5. The van der Waals surface area contributed by atoms with E-state index in [1.54, 1.807) is 0 Å². The van der Waals surface area contributed by atoms with Gasteiger partial charge < -0.3 is 21.5 Å². The van der Waals surface area contributed by atoms with Crippen molar-refractivity contribution in [2.24, 2.45) is 11.5 Å². The normalized spacial score (nSPS) is 30.7. The summed E-state index contributed by atoms with van der Waals surface area (Å²) in [4.78, 5) is 24.8. The van der Waals surface area contributed by atoms with Gasteiger partial charge in [0, 0.05) is 24.9 Å². The predicted octanol–water partition coefficient (Wildman–Crippen LogP) is -0.905. The largest absolute Gasteiger partial charge is 0.391 e. The number of carbonyl (C=O) groups excluding carboxylic acids is 2. The van der Waals surface area contributed by atoms with Gasteiger partial charge in [-0.25, -0.2) is 0 Å². The highest BCUT2D eigenvalue weighted by Crippen LogP contribution is 2.31. The van der Waals surface area contributed by atoms with Crippen LogP contribution in [0.5, 0.6) is 0 Å². The zero-order valence-corrected chi connectivity index (χ0v) is 10.5. The van der Waals surface area contributed by atoms with Crippen molar-refractivity contribution >= 4 is 11.8 Å². The summed E-state index contributed by atoms with van der Waals surface area (Å²) < 4.78 is 0. The fraction of sp³-hybridized carbons (Fsp3) is 0.833. The Morgan fingerprint density at radius 1 is 1.33 bits per heavy atom. The first-order valence-corrected chi connectivity index (χ1v) is 6.47. The smallest absolute Gasteiger partial charge is 0.240 e. The molecule has 5 N–H and O–H groups in total. The van der Waals surface area contributed by atoms with Crippen LogP contribution in [-0.2, 0) is 9.59 Å². The van der Waals surface area contributed by atoms with E-state index < -0.39 is 23.6 Å². The lowest BCUT2D eigenvalue weighted by Crippen LogP contribution is -2.48. The summed E-state index contributed by atoms with van der Waals surface area (Å²) in [5, 5.41) is 9.56. The minimum absolute atomic E-state index is 0.167.